The van der Waals surface area contributed by atoms with Crippen LogP contribution in [0.1, 0.15) is 78.6 Å². The number of carbonyl (C=O) groups excluding carboxylic acids is 1. The first-order chi connectivity index (χ1) is 10.8. The highest BCUT2D eigenvalue weighted by atomic mass is 16.1. The van der Waals surface area contributed by atoms with Crippen molar-refractivity contribution < 1.29 is 4.79 Å². The van der Waals surface area contributed by atoms with Crippen molar-refractivity contribution >= 4 is 5.78 Å². The molecule has 0 spiro atoms. The van der Waals surface area contributed by atoms with Crippen molar-refractivity contribution in [2.24, 2.45) is 34.3 Å². The molecule has 0 amide bonds. The van der Waals surface area contributed by atoms with Crippen LogP contribution in [0.4, 0.5) is 0 Å². The summed E-state index contributed by atoms with van der Waals surface area (Å²) >= 11 is 0. The van der Waals surface area contributed by atoms with Gasteiger partial charge in [-0.05, 0) is 98.9 Å². The van der Waals surface area contributed by atoms with Crippen molar-refractivity contribution in [3.63, 3.8) is 0 Å². The molecule has 0 heterocycles. The van der Waals surface area contributed by atoms with Gasteiger partial charge < -0.3 is 5.73 Å². The van der Waals surface area contributed by atoms with E-state index in [4.69, 9.17) is 5.73 Å². The third-order valence-corrected chi connectivity index (χ3v) is 8.45. The third-order valence-electron chi connectivity index (χ3n) is 8.45. The molecule has 128 valence electrons. The first kappa shape index (κ1) is 15.9. The van der Waals surface area contributed by atoms with Crippen LogP contribution in [0.2, 0.25) is 0 Å². The number of nitrogens with two attached hydrogens (primary N) is 1. The van der Waals surface area contributed by atoms with E-state index in [2.05, 4.69) is 13.8 Å². The average Bonchev–Trinajstić information content (AvgIpc) is 2.83. The minimum Gasteiger partial charge on any atom is -0.328 e. The zero-order valence-electron chi connectivity index (χ0n) is 15.2. The number of hydrogen-bond donors (Lipinski definition) is 1. The van der Waals surface area contributed by atoms with E-state index in [0.29, 0.717) is 22.7 Å². The Balaban J connectivity index is 1.67. The lowest BCUT2D eigenvalue weighted by Gasteiger charge is -2.59. The first-order valence-electron chi connectivity index (χ1n) is 9.84. The van der Waals surface area contributed by atoms with Gasteiger partial charge in [0, 0.05) is 6.04 Å². The Morgan fingerprint density at radius 3 is 2.57 bits per heavy atom. The lowest BCUT2D eigenvalue weighted by molar-refractivity contribution is -0.113. The highest BCUT2D eigenvalue weighted by molar-refractivity contribution is 5.95. The third kappa shape index (κ3) is 2.20. The lowest BCUT2D eigenvalue weighted by atomic mass is 9.46. The summed E-state index contributed by atoms with van der Waals surface area (Å²) in [5, 5.41) is 0. The van der Waals surface area contributed by atoms with E-state index in [1.165, 1.54) is 56.9 Å². The molecule has 0 radical (unpaired) electrons. The van der Waals surface area contributed by atoms with E-state index in [-0.39, 0.29) is 0 Å². The Kier molecular flexibility index (Phi) is 3.58. The molecule has 2 nitrogen and oxygen atoms in total. The van der Waals surface area contributed by atoms with Gasteiger partial charge in [-0.2, -0.15) is 0 Å². The molecule has 4 aliphatic rings. The van der Waals surface area contributed by atoms with Gasteiger partial charge in [0.25, 0.3) is 0 Å². The number of Topliss-reactive ketones (excluding diaryl/α,β-unsaturated/α-hetero) is 1. The summed E-state index contributed by atoms with van der Waals surface area (Å²) in [6.07, 6.45) is 11.3. The molecule has 4 aliphatic carbocycles. The predicted molar refractivity (Wildman–Crippen MR) is 93.9 cm³/mol. The molecule has 0 aromatic rings. The molecule has 0 bridgehead atoms. The normalized spacial score (nSPS) is 49.4. The van der Waals surface area contributed by atoms with Gasteiger partial charge in [-0.25, -0.2) is 0 Å². The summed E-state index contributed by atoms with van der Waals surface area (Å²) in [7, 11) is 0. The molecule has 4 rings (SSSR count). The van der Waals surface area contributed by atoms with E-state index in [1.807, 2.05) is 0 Å². The van der Waals surface area contributed by atoms with Crippen molar-refractivity contribution in [1.82, 2.24) is 0 Å². The van der Waals surface area contributed by atoms with Gasteiger partial charge >= 0.3 is 0 Å². The van der Waals surface area contributed by atoms with Crippen LogP contribution in [0.3, 0.4) is 0 Å². The van der Waals surface area contributed by atoms with Crippen LogP contribution in [-0.2, 0) is 4.79 Å². The molecule has 23 heavy (non-hydrogen) atoms. The number of rotatable bonds is 1. The van der Waals surface area contributed by atoms with Crippen molar-refractivity contribution in [3.8, 4) is 0 Å². The molecule has 0 aliphatic heterocycles. The Morgan fingerprint density at radius 1 is 1.04 bits per heavy atom. The minimum absolute atomic E-state index is 0.324. The molecular weight excluding hydrogens is 282 g/mol. The second-order valence-corrected chi connectivity index (χ2v) is 9.58. The van der Waals surface area contributed by atoms with Gasteiger partial charge in [-0.3, -0.25) is 4.79 Å². The maximum absolute atomic E-state index is 12.0. The number of carbonyl (C=O) groups is 1. The van der Waals surface area contributed by atoms with Crippen LogP contribution in [0.15, 0.2) is 11.1 Å². The molecule has 3 saturated carbocycles. The van der Waals surface area contributed by atoms with Crippen LogP contribution in [0.5, 0.6) is 0 Å². The lowest BCUT2D eigenvalue weighted by Crippen LogP contribution is -2.52. The van der Waals surface area contributed by atoms with Crippen molar-refractivity contribution in [1.29, 1.82) is 0 Å². The van der Waals surface area contributed by atoms with Gasteiger partial charge in [-0.15, -0.1) is 0 Å². The van der Waals surface area contributed by atoms with Crippen LogP contribution in [0.25, 0.3) is 0 Å². The zero-order valence-corrected chi connectivity index (χ0v) is 15.2. The van der Waals surface area contributed by atoms with Gasteiger partial charge in [0.15, 0.2) is 5.78 Å². The Labute approximate surface area is 141 Å². The van der Waals surface area contributed by atoms with E-state index in [0.717, 1.165) is 24.2 Å². The van der Waals surface area contributed by atoms with Gasteiger partial charge in [-0.1, -0.05) is 19.4 Å². The largest absolute Gasteiger partial charge is 0.328 e. The summed E-state index contributed by atoms with van der Waals surface area (Å²) in [6, 6.07) is 0.429. The number of allylic oxidation sites excluding steroid dienone is 2. The smallest absolute Gasteiger partial charge is 0.155 e. The van der Waals surface area contributed by atoms with Crippen LogP contribution in [0, 0.1) is 28.6 Å². The van der Waals surface area contributed by atoms with Gasteiger partial charge in [0.2, 0.25) is 0 Å². The monoisotopic (exact) mass is 315 g/mol. The molecule has 2 N–H and O–H groups in total. The van der Waals surface area contributed by atoms with E-state index >= 15 is 0 Å². The topological polar surface area (TPSA) is 43.1 Å². The summed E-state index contributed by atoms with van der Waals surface area (Å²) in [5.74, 6) is 2.91. The average molecular weight is 316 g/mol. The molecule has 0 unspecified atom stereocenters. The van der Waals surface area contributed by atoms with E-state index < -0.39 is 0 Å². The van der Waals surface area contributed by atoms with Crippen molar-refractivity contribution in [2.45, 2.75) is 84.6 Å². The van der Waals surface area contributed by atoms with Gasteiger partial charge in [0.05, 0.1) is 0 Å². The SMILES string of the molecule is CC(=O)C1=C2CC[C@H]3[C@@H]4CC[C@@H](N)C[C@@]4(C)CC[C@@H]3[C@@]2(C)CC1. The summed E-state index contributed by atoms with van der Waals surface area (Å²) < 4.78 is 0. The predicted octanol–water partition coefficient (Wildman–Crippen LogP) is 4.63. The molecule has 0 aromatic heterocycles. The molecule has 6 atom stereocenters. The first-order valence-corrected chi connectivity index (χ1v) is 9.84. The number of ketones is 1. The van der Waals surface area contributed by atoms with Crippen molar-refractivity contribution in [3.05, 3.63) is 11.1 Å². The quantitative estimate of drug-likeness (QED) is 0.767. The second-order valence-electron chi connectivity index (χ2n) is 9.58. The van der Waals surface area contributed by atoms with E-state index in [9.17, 15) is 4.79 Å². The van der Waals surface area contributed by atoms with Crippen LogP contribution < -0.4 is 5.73 Å². The summed E-state index contributed by atoms with van der Waals surface area (Å²) in [5.41, 5.74) is 9.88. The number of hydrogen-bond acceptors (Lipinski definition) is 2. The number of fused-ring (bicyclic) bond motifs is 5. The Hall–Kier alpha value is -0.630. The van der Waals surface area contributed by atoms with Crippen molar-refractivity contribution in [2.75, 3.05) is 0 Å². The molecule has 3 fully saturated rings. The standard InChI is InChI=1S/C21H33NO/c1-13(23)15-8-11-21(3)18(15)7-5-16-17-6-4-14(22)12-20(17,2)10-9-19(16)21/h14,16-17,19H,4-12,22H2,1-3H3/t14-,16+,17+,19+,20-,21+/m1/s1. The minimum atomic E-state index is 0.324. The van der Waals surface area contributed by atoms with E-state index in [1.54, 1.807) is 12.5 Å². The van der Waals surface area contributed by atoms with Gasteiger partial charge in [0.1, 0.15) is 0 Å². The highest BCUT2D eigenvalue weighted by Gasteiger charge is 2.57. The Bertz CT molecular complexity index is 564. The maximum atomic E-state index is 12.0. The van der Waals surface area contributed by atoms with Crippen LogP contribution in [-0.4, -0.2) is 11.8 Å². The zero-order chi connectivity index (χ0) is 16.4. The highest BCUT2D eigenvalue weighted by Crippen LogP contribution is 2.65. The summed E-state index contributed by atoms with van der Waals surface area (Å²) in [4.78, 5) is 12.0. The second kappa shape index (κ2) is 5.18. The maximum Gasteiger partial charge on any atom is 0.155 e. The molecule has 0 saturated heterocycles. The fourth-order valence-electron chi connectivity index (χ4n) is 7.36. The molecular formula is C21H33NO. The fourth-order valence-corrected chi connectivity index (χ4v) is 7.36. The fraction of sp³-hybridized carbons (Fsp3) is 0.857. The summed E-state index contributed by atoms with van der Waals surface area (Å²) in [6.45, 7) is 6.79. The molecule has 2 heteroatoms. The van der Waals surface area contributed by atoms with Crippen LogP contribution >= 0.6 is 0 Å². The Morgan fingerprint density at radius 2 is 1.83 bits per heavy atom. The molecule has 0 aromatic carbocycles.